The average Bonchev–Trinajstić information content (AvgIpc) is 2.68. The lowest BCUT2D eigenvalue weighted by Gasteiger charge is -2.40. The van der Waals surface area contributed by atoms with Gasteiger partial charge in [0.25, 0.3) is 0 Å². The molecule has 1 N–H and O–H groups in total. The molecule has 2 aliphatic rings. The van der Waals surface area contributed by atoms with Crippen LogP contribution in [0.5, 0.6) is 0 Å². The van der Waals surface area contributed by atoms with E-state index in [0.29, 0.717) is 44.1 Å². The van der Waals surface area contributed by atoms with Crippen LogP contribution in [0, 0.1) is 5.82 Å². The number of piperazine rings is 1. The Kier molecular flexibility index (Phi) is 5.79. The average molecular weight is 385 g/mol. The van der Waals surface area contributed by atoms with E-state index in [-0.39, 0.29) is 12.2 Å². The summed E-state index contributed by atoms with van der Waals surface area (Å²) in [6.45, 7) is 1.68. The predicted molar refractivity (Wildman–Crippen MR) is 94.8 cm³/mol. The number of benzene rings is 1. The zero-order chi connectivity index (χ0) is 18.7. The van der Waals surface area contributed by atoms with E-state index in [9.17, 15) is 22.8 Å². The standard InChI is InChI=1S/C17H24FN3O4S/c18-14-5-7-15(8-6-14)19-9-11-20(12-10-19)26(24,25)17-4-2-1-3-16(17)21(23)13-22/h5-8,13,16-17,23H,1-4,9-12H2/t16-,17+/m1/s1. The van der Waals surface area contributed by atoms with Crippen molar-refractivity contribution in [1.29, 1.82) is 0 Å². The Balaban J connectivity index is 1.68. The highest BCUT2D eigenvalue weighted by Crippen LogP contribution is 2.30. The van der Waals surface area contributed by atoms with Gasteiger partial charge in [-0.25, -0.2) is 17.9 Å². The maximum absolute atomic E-state index is 13.1. The summed E-state index contributed by atoms with van der Waals surface area (Å²) in [7, 11) is -3.62. The number of hydrogen-bond acceptors (Lipinski definition) is 5. The Bertz CT molecular complexity index is 720. The van der Waals surface area contributed by atoms with E-state index in [1.54, 1.807) is 12.1 Å². The van der Waals surface area contributed by atoms with Crippen LogP contribution < -0.4 is 4.90 Å². The molecular formula is C17H24FN3O4S. The van der Waals surface area contributed by atoms with Gasteiger partial charge in [0.05, 0.1) is 11.3 Å². The van der Waals surface area contributed by atoms with Crippen molar-refractivity contribution in [3.05, 3.63) is 30.1 Å². The van der Waals surface area contributed by atoms with Gasteiger partial charge in [0.15, 0.2) is 0 Å². The second-order valence-corrected chi connectivity index (χ2v) is 8.93. The molecule has 1 aliphatic heterocycles. The summed E-state index contributed by atoms with van der Waals surface area (Å²) in [4.78, 5) is 12.9. The number of halogens is 1. The van der Waals surface area contributed by atoms with Gasteiger partial charge < -0.3 is 4.90 Å². The van der Waals surface area contributed by atoms with Gasteiger partial charge in [0.2, 0.25) is 16.4 Å². The SMILES string of the molecule is O=CN(O)[C@@H]1CCCC[C@@H]1S(=O)(=O)N1CCN(c2ccc(F)cc2)CC1. The third-order valence-corrected chi connectivity index (χ3v) is 7.69. The second-order valence-electron chi connectivity index (χ2n) is 6.78. The van der Waals surface area contributed by atoms with E-state index >= 15 is 0 Å². The zero-order valence-electron chi connectivity index (χ0n) is 14.5. The molecule has 1 aromatic carbocycles. The van der Waals surface area contributed by atoms with Crippen LogP contribution in [-0.2, 0) is 14.8 Å². The molecule has 144 valence electrons. The predicted octanol–water partition coefficient (Wildman–Crippen LogP) is 1.44. The molecule has 1 aromatic rings. The number of carbonyl (C=O) groups is 1. The summed E-state index contributed by atoms with van der Waals surface area (Å²) in [5.74, 6) is -0.304. The molecule has 2 atom stereocenters. The van der Waals surface area contributed by atoms with Crippen molar-refractivity contribution < 1.29 is 22.8 Å². The molecule has 0 unspecified atom stereocenters. The van der Waals surface area contributed by atoms with E-state index in [0.717, 1.165) is 18.5 Å². The Morgan fingerprint density at radius 1 is 1.08 bits per heavy atom. The van der Waals surface area contributed by atoms with E-state index in [1.165, 1.54) is 16.4 Å². The van der Waals surface area contributed by atoms with Crippen LogP contribution in [-0.4, -0.2) is 66.9 Å². The minimum Gasteiger partial charge on any atom is -0.369 e. The van der Waals surface area contributed by atoms with Crippen LogP contribution in [0.25, 0.3) is 0 Å². The molecule has 2 fully saturated rings. The van der Waals surface area contributed by atoms with Gasteiger partial charge in [-0.1, -0.05) is 12.8 Å². The Hall–Kier alpha value is -1.71. The second kappa shape index (κ2) is 7.89. The molecule has 0 aromatic heterocycles. The molecule has 1 saturated heterocycles. The molecule has 0 spiro atoms. The fourth-order valence-electron chi connectivity index (χ4n) is 3.85. The number of amides is 1. The molecular weight excluding hydrogens is 361 g/mol. The first-order valence-electron chi connectivity index (χ1n) is 8.85. The number of carbonyl (C=O) groups excluding carboxylic acids is 1. The quantitative estimate of drug-likeness (QED) is 0.471. The van der Waals surface area contributed by atoms with E-state index in [1.807, 2.05) is 4.90 Å². The normalized spacial score (nSPS) is 25.1. The third kappa shape index (κ3) is 3.84. The topological polar surface area (TPSA) is 81.2 Å². The van der Waals surface area contributed by atoms with Crippen molar-refractivity contribution in [2.45, 2.75) is 37.0 Å². The highest BCUT2D eigenvalue weighted by atomic mass is 32.2. The van der Waals surface area contributed by atoms with Crippen LogP contribution >= 0.6 is 0 Å². The summed E-state index contributed by atoms with van der Waals surface area (Å²) < 4.78 is 40.6. The van der Waals surface area contributed by atoms with Gasteiger partial charge >= 0.3 is 0 Å². The molecule has 0 radical (unpaired) electrons. The minimum atomic E-state index is -3.62. The highest BCUT2D eigenvalue weighted by Gasteiger charge is 2.42. The summed E-state index contributed by atoms with van der Waals surface area (Å²) in [6, 6.07) is 5.46. The lowest BCUT2D eigenvalue weighted by Crippen LogP contribution is -2.56. The molecule has 3 rings (SSSR count). The van der Waals surface area contributed by atoms with Crippen molar-refractivity contribution in [3.63, 3.8) is 0 Å². The molecule has 26 heavy (non-hydrogen) atoms. The minimum absolute atomic E-state index is 0.283. The van der Waals surface area contributed by atoms with Crippen LogP contribution in [0.3, 0.4) is 0 Å². The van der Waals surface area contributed by atoms with Crippen LogP contribution in [0.15, 0.2) is 24.3 Å². The Morgan fingerprint density at radius 3 is 2.31 bits per heavy atom. The van der Waals surface area contributed by atoms with Gasteiger partial charge in [-0.05, 0) is 37.1 Å². The van der Waals surface area contributed by atoms with E-state index in [2.05, 4.69) is 0 Å². The van der Waals surface area contributed by atoms with Crippen molar-refractivity contribution in [2.24, 2.45) is 0 Å². The zero-order valence-corrected chi connectivity index (χ0v) is 15.3. The summed E-state index contributed by atoms with van der Waals surface area (Å²) >= 11 is 0. The lowest BCUT2D eigenvalue weighted by molar-refractivity contribution is -0.162. The van der Waals surface area contributed by atoms with Gasteiger partial charge in [0.1, 0.15) is 5.82 Å². The molecule has 1 aliphatic carbocycles. The number of hydrogen-bond donors (Lipinski definition) is 1. The van der Waals surface area contributed by atoms with Gasteiger partial charge in [-0.3, -0.25) is 10.0 Å². The van der Waals surface area contributed by atoms with E-state index in [4.69, 9.17) is 0 Å². The summed E-state index contributed by atoms with van der Waals surface area (Å²) in [5.41, 5.74) is 0.862. The number of sulfonamides is 1. The van der Waals surface area contributed by atoms with Crippen LogP contribution in [0.1, 0.15) is 25.7 Å². The smallest absolute Gasteiger partial charge is 0.233 e. The molecule has 7 nitrogen and oxygen atoms in total. The van der Waals surface area contributed by atoms with Crippen molar-refractivity contribution in [2.75, 3.05) is 31.1 Å². The van der Waals surface area contributed by atoms with Crippen molar-refractivity contribution >= 4 is 22.1 Å². The number of nitrogens with zero attached hydrogens (tertiary/aromatic N) is 3. The first-order valence-corrected chi connectivity index (χ1v) is 10.4. The first-order chi connectivity index (χ1) is 12.4. The van der Waals surface area contributed by atoms with Gasteiger partial charge in [0, 0.05) is 31.9 Å². The summed E-state index contributed by atoms with van der Waals surface area (Å²) in [6.07, 6.45) is 2.76. The van der Waals surface area contributed by atoms with Crippen LogP contribution in [0.4, 0.5) is 10.1 Å². The maximum Gasteiger partial charge on any atom is 0.233 e. The van der Waals surface area contributed by atoms with Crippen molar-refractivity contribution in [1.82, 2.24) is 9.37 Å². The number of hydroxylamine groups is 2. The summed E-state index contributed by atoms with van der Waals surface area (Å²) in [5, 5.41) is 9.51. The lowest BCUT2D eigenvalue weighted by atomic mass is 9.95. The third-order valence-electron chi connectivity index (χ3n) is 5.29. The fraction of sp³-hybridized carbons (Fsp3) is 0.588. The fourth-order valence-corrected chi connectivity index (χ4v) is 6.03. The van der Waals surface area contributed by atoms with Crippen LogP contribution in [0.2, 0.25) is 0 Å². The molecule has 9 heteroatoms. The maximum atomic E-state index is 13.1. The molecule has 0 bridgehead atoms. The number of anilines is 1. The molecule has 1 heterocycles. The Labute approximate surface area is 153 Å². The van der Waals surface area contributed by atoms with Gasteiger partial charge in [-0.15, -0.1) is 0 Å². The van der Waals surface area contributed by atoms with Gasteiger partial charge in [-0.2, -0.15) is 4.31 Å². The largest absolute Gasteiger partial charge is 0.369 e. The van der Waals surface area contributed by atoms with E-state index < -0.39 is 21.3 Å². The highest BCUT2D eigenvalue weighted by molar-refractivity contribution is 7.89. The molecule has 1 amide bonds. The monoisotopic (exact) mass is 385 g/mol. The van der Waals surface area contributed by atoms with Crippen molar-refractivity contribution in [3.8, 4) is 0 Å². The first kappa shape index (κ1) is 19.1. The number of rotatable bonds is 5. The molecule has 1 saturated carbocycles. The Morgan fingerprint density at radius 2 is 1.69 bits per heavy atom.